The molecule has 14 heavy (non-hydrogen) atoms. The van der Waals surface area contributed by atoms with E-state index in [0.717, 1.165) is 5.82 Å². The lowest BCUT2D eigenvalue weighted by molar-refractivity contribution is -0.136. The van der Waals surface area contributed by atoms with Crippen LogP contribution in [-0.4, -0.2) is 29.7 Å². The van der Waals surface area contributed by atoms with E-state index in [1.165, 1.54) is 6.20 Å². The summed E-state index contributed by atoms with van der Waals surface area (Å²) in [6.45, 7) is 0.434. The molecule has 1 heterocycles. The van der Waals surface area contributed by atoms with Gasteiger partial charge in [-0.2, -0.15) is 0 Å². The van der Waals surface area contributed by atoms with E-state index in [0.29, 0.717) is 11.6 Å². The van der Waals surface area contributed by atoms with Crippen molar-refractivity contribution in [2.75, 3.05) is 18.5 Å². The first-order chi connectivity index (χ1) is 6.59. The van der Waals surface area contributed by atoms with Crippen LogP contribution in [0.15, 0.2) is 18.3 Å². The highest BCUT2D eigenvalue weighted by molar-refractivity contribution is 6.30. The van der Waals surface area contributed by atoms with Gasteiger partial charge in [0.15, 0.2) is 0 Å². The van der Waals surface area contributed by atoms with Gasteiger partial charge in [-0.1, -0.05) is 11.6 Å². The molecule has 76 valence electrons. The van der Waals surface area contributed by atoms with Crippen molar-refractivity contribution in [3.8, 4) is 0 Å². The maximum Gasteiger partial charge on any atom is 0.305 e. The Bertz CT molecular complexity index is 313. The molecule has 0 spiro atoms. The Balaban J connectivity index is 2.56. The number of carboxylic acids is 1. The van der Waals surface area contributed by atoms with Crippen LogP contribution in [0, 0.1) is 0 Å². The topological polar surface area (TPSA) is 53.4 Å². The summed E-state index contributed by atoms with van der Waals surface area (Å²) >= 11 is 5.67. The van der Waals surface area contributed by atoms with Gasteiger partial charge < -0.3 is 10.0 Å². The first kappa shape index (κ1) is 10.8. The molecule has 0 amide bonds. The zero-order valence-electron chi connectivity index (χ0n) is 7.77. The van der Waals surface area contributed by atoms with Gasteiger partial charge in [-0.15, -0.1) is 0 Å². The fourth-order valence-electron chi connectivity index (χ4n) is 0.972. The number of rotatable bonds is 4. The van der Waals surface area contributed by atoms with Crippen molar-refractivity contribution in [1.82, 2.24) is 4.98 Å². The Kier molecular flexibility index (Phi) is 3.71. The molecule has 0 unspecified atom stereocenters. The average Bonchev–Trinajstić information content (AvgIpc) is 2.15. The second-order valence-corrected chi connectivity index (χ2v) is 3.34. The Morgan fingerprint density at radius 3 is 2.86 bits per heavy atom. The van der Waals surface area contributed by atoms with E-state index >= 15 is 0 Å². The van der Waals surface area contributed by atoms with Crippen LogP contribution in [0.25, 0.3) is 0 Å². The predicted molar refractivity (Wildman–Crippen MR) is 54.8 cm³/mol. The van der Waals surface area contributed by atoms with Gasteiger partial charge in [-0.3, -0.25) is 4.79 Å². The molecule has 0 aliphatic rings. The van der Waals surface area contributed by atoms with Crippen LogP contribution in [0.2, 0.25) is 5.02 Å². The van der Waals surface area contributed by atoms with Gasteiger partial charge in [0.1, 0.15) is 5.82 Å². The molecule has 0 aliphatic carbocycles. The van der Waals surface area contributed by atoms with Gasteiger partial charge >= 0.3 is 5.97 Å². The smallest absolute Gasteiger partial charge is 0.305 e. The predicted octanol–water partition coefficient (Wildman–Crippen LogP) is 1.65. The second-order valence-electron chi connectivity index (χ2n) is 2.90. The third-order valence-electron chi connectivity index (χ3n) is 1.76. The molecule has 0 aromatic carbocycles. The molecule has 0 radical (unpaired) electrons. The lowest BCUT2D eigenvalue weighted by Crippen LogP contribution is -2.21. The van der Waals surface area contributed by atoms with Gasteiger partial charge in [0, 0.05) is 19.8 Å². The fourth-order valence-corrected chi connectivity index (χ4v) is 1.08. The molecular weight excluding hydrogens is 204 g/mol. The summed E-state index contributed by atoms with van der Waals surface area (Å²) in [5.41, 5.74) is 0. The summed E-state index contributed by atoms with van der Waals surface area (Å²) in [6.07, 6.45) is 1.63. The molecule has 1 N–H and O–H groups in total. The van der Waals surface area contributed by atoms with Crippen LogP contribution < -0.4 is 4.90 Å². The van der Waals surface area contributed by atoms with Gasteiger partial charge in [0.05, 0.1) is 11.4 Å². The first-order valence-electron chi connectivity index (χ1n) is 4.14. The van der Waals surface area contributed by atoms with Crippen LogP contribution in [0.1, 0.15) is 6.42 Å². The van der Waals surface area contributed by atoms with Crippen molar-refractivity contribution in [2.45, 2.75) is 6.42 Å². The van der Waals surface area contributed by atoms with E-state index < -0.39 is 5.97 Å². The second kappa shape index (κ2) is 4.81. The molecule has 1 aromatic rings. The van der Waals surface area contributed by atoms with E-state index in [4.69, 9.17) is 16.7 Å². The summed E-state index contributed by atoms with van der Waals surface area (Å²) in [5.74, 6) is -0.0959. The van der Waals surface area contributed by atoms with Gasteiger partial charge in [-0.25, -0.2) is 4.98 Å². The molecular formula is C9H11ClN2O2. The van der Waals surface area contributed by atoms with Crippen LogP contribution in [-0.2, 0) is 4.79 Å². The molecule has 0 fully saturated rings. The molecule has 1 aromatic heterocycles. The summed E-state index contributed by atoms with van der Waals surface area (Å²) < 4.78 is 0. The number of hydrogen-bond acceptors (Lipinski definition) is 3. The summed E-state index contributed by atoms with van der Waals surface area (Å²) in [5, 5.41) is 9.05. The van der Waals surface area contributed by atoms with Crippen molar-refractivity contribution in [2.24, 2.45) is 0 Å². The number of aromatic nitrogens is 1. The Morgan fingerprint density at radius 2 is 2.36 bits per heavy atom. The van der Waals surface area contributed by atoms with E-state index in [9.17, 15) is 4.79 Å². The van der Waals surface area contributed by atoms with E-state index in [1.807, 2.05) is 0 Å². The van der Waals surface area contributed by atoms with Crippen LogP contribution in [0.5, 0.6) is 0 Å². The zero-order valence-corrected chi connectivity index (χ0v) is 8.53. The zero-order chi connectivity index (χ0) is 10.6. The quantitative estimate of drug-likeness (QED) is 0.828. The minimum absolute atomic E-state index is 0.0980. The molecule has 0 saturated heterocycles. The average molecular weight is 215 g/mol. The highest BCUT2D eigenvalue weighted by Gasteiger charge is 2.04. The standard InChI is InChI=1S/C9H11ClN2O2/c1-12(5-4-9(13)14)8-3-2-7(10)6-11-8/h2-3,6H,4-5H2,1H3,(H,13,14). The van der Waals surface area contributed by atoms with Crippen molar-refractivity contribution in [3.63, 3.8) is 0 Å². The van der Waals surface area contributed by atoms with Gasteiger partial charge in [0.25, 0.3) is 0 Å². The monoisotopic (exact) mass is 214 g/mol. The molecule has 0 bridgehead atoms. The maximum atomic E-state index is 10.3. The van der Waals surface area contributed by atoms with Crippen molar-refractivity contribution in [3.05, 3.63) is 23.4 Å². The highest BCUT2D eigenvalue weighted by atomic mass is 35.5. The number of carboxylic acid groups (broad SMARTS) is 1. The van der Waals surface area contributed by atoms with E-state index in [2.05, 4.69) is 4.98 Å². The number of halogens is 1. The third-order valence-corrected chi connectivity index (χ3v) is 1.99. The minimum atomic E-state index is -0.814. The lowest BCUT2D eigenvalue weighted by atomic mass is 10.4. The SMILES string of the molecule is CN(CCC(=O)O)c1ccc(Cl)cn1. The number of carbonyl (C=O) groups is 1. The Morgan fingerprint density at radius 1 is 1.64 bits per heavy atom. The van der Waals surface area contributed by atoms with Crippen LogP contribution >= 0.6 is 11.6 Å². The highest BCUT2D eigenvalue weighted by Crippen LogP contribution is 2.12. The number of anilines is 1. The first-order valence-corrected chi connectivity index (χ1v) is 4.52. The van der Waals surface area contributed by atoms with Crippen molar-refractivity contribution in [1.29, 1.82) is 0 Å². The van der Waals surface area contributed by atoms with E-state index in [1.54, 1.807) is 24.1 Å². The molecule has 4 nitrogen and oxygen atoms in total. The number of aliphatic carboxylic acids is 1. The van der Waals surface area contributed by atoms with Crippen LogP contribution in [0.3, 0.4) is 0 Å². The van der Waals surface area contributed by atoms with Crippen molar-refractivity contribution >= 4 is 23.4 Å². The number of hydrogen-bond donors (Lipinski definition) is 1. The lowest BCUT2D eigenvalue weighted by Gasteiger charge is -2.16. The van der Waals surface area contributed by atoms with Gasteiger partial charge in [0.2, 0.25) is 0 Å². The molecule has 0 aliphatic heterocycles. The van der Waals surface area contributed by atoms with Crippen LogP contribution in [0.4, 0.5) is 5.82 Å². The summed E-state index contributed by atoms with van der Waals surface area (Å²) in [7, 11) is 1.79. The largest absolute Gasteiger partial charge is 0.481 e. The van der Waals surface area contributed by atoms with E-state index in [-0.39, 0.29) is 6.42 Å². The Hall–Kier alpha value is -1.29. The molecule has 0 saturated carbocycles. The van der Waals surface area contributed by atoms with Crippen molar-refractivity contribution < 1.29 is 9.90 Å². The molecule has 1 rings (SSSR count). The summed E-state index contributed by atoms with van der Waals surface area (Å²) in [6, 6.07) is 3.48. The third kappa shape index (κ3) is 3.22. The normalized spacial score (nSPS) is 9.86. The molecule has 0 atom stereocenters. The Labute approximate surface area is 87.1 Å². The van der Waals surface area contributed by atoms with Gasteiger partial charge in [-0.05, 0) is 12.1 Å². The maximum absolute atomic E-state index is 10.3. The number of nitrogens with zero attached hydrogens (tertiary/aromatic N) is 2. The fraction of sp³-hybridized carbons (Fsp3) is 0.333. The summed E-state index contributed by atoms with van der Waals surface area (Å²) in [4.78, 5) is 16.1. The number of pyridine rings is 1. The molecule has 5 heteroatoms. The minimum Gasteiger partial charge on any atom is -0.481 e.